The third-order valence-corrected chi connectivity index (χ3v) is 3.09. The average Bonchev–Trinajstić information content (AvgIpc) is 2.74. The molecule has 19 heavy (non-hydrogen) atoms. The van der Waals surface area contributed by atoms with Crippen LogP contribution in [0.25, 0.3) is 0 Å². The van der Waals surface area contributed by atoms with Gasteiger partial charge in [-0.1, -0.05) is 29.9 Å². The van der Waals surface area contributed by atoms with Gasteiger partial charge >= 0.3 is 0 Å². The largest absolute Gasteiger partial charge is 0.389 e. The predicted octanol–water partition coefficient (Wildman–Crippen LogP) is 1.76. The van der Waals surface area contributed by atoms with Crippen LogP contribution < -0.4 is 11.1 Å². The first-order chi connectivity index (χ1) is 9.08. The Hall–Kier alpha value is -1.66. The number of hydrogen-bond acceptors (Lipinski definition) is 4. The van der Waals surface area contributed by atoms with Gasteiger partial charge in [-0.15, -0.1) is 0 Å². The van der Waals surface area contributed by atoms with Crippen LogP contribution in [0.15, 0.2) is 24.5 Å². The highest BCUT2D eigenvalue weighted by atomic mass is 35.5. The van der Waals surface area contributed by atoms with Gasteiger partial charge in [0.15, 0.2) is 5.82 Å². The Morgan fingerprint density at radius 1 is 1.53 bits per heavy atom. The van der Waals surface area contributed by atoms with Crippen molar-refractivity contribution in [1.82, 2.24) is 14.8 Å². The van der Waals surface area contributed by atoms with Crippen LogP contribution in [0, 0.1) is 0 Å². The molecule has 100 valence electrons. The number of halogens is 1. The molecule has 0 aliphatic rings. The Labute approximate surface area is 121 Å². The molecule has 1 aromatic carbocycles. The third kappa shape index (κ3) is 3.42. The second-order valence-corrected chi connectivity index (χ2v) is 4.88. The fourth-order valence-corrected chi connectivity index (χ4v) is 2.28. The molecule has 0 aliphatic carbocycles. The molecule has 0 aliphatic heterocycles. The second-order valence-electron chi connectivity index (χ2n) is 4.04. The zero-order valence-corrected chi connectivity index (χ0v) is 12.0. The van der Waals surface area contributed by atoms with Crippen molar-refractivity contribution in [3.63, 3.8) is 0 Å². The summed E-state index contributed by atoms with van der Waals surface area (Å²) < 4.78 is 1.68. The molecule has 3 N–H and O–H groups in total. The number of aryl methyl sites for hydroxylation is 1. The van der Waals surface area contributed by atoms with Gasteiger partial charge in [0.2, 0.25) is 0 Å². The quantitative estimate of drug-likeness (QED) is 0.823. The molecule has 7 heteroatoms. The molecule has 0 saturated carbocycles. The minimum atomic E-state index is 0.282. The maximum atomic E-state index is 6.09. The lowest BCUT2D eigenvalue weighted by Crippen LogP contribution is -2.15. The molecule has 0 unspecified atom stereocenters. The summed E-state index contributed by atoms with van der Waals surface area (Å²) in [6, 6.07) is 5.51. The fourth-order valence-electron chi connectivity index (χ4n) is 1.73. The Kier molecular flexibility index (Phi) is 4.34. The standard InChI is InChI=1S/C12H14ClN5S/c1-18-7-16-10(17-18)5-6-15-9-4-2-3-8(13)11(9)12(14)19/h2-4,7,15H,5-6H2,1H3,(H2,14,19). The summed E-state index contributed by atoms with van der Waals surface area (Å²) in [6.07, 6.45) is 2.39. The number of nitrogens with two attached hydrogens (primary N) is 1. The molecule has 0 bridgehead atoms. The van der Waals surface area contributed by atoms with Crippen LogP contribution in [0.5, 0.6) is 0 Å². The first kappa shape index (κ1) is 13.8. The first-order valence-corrected chi connectivity index (χ1v) is 6.53. The van der Waals surface area contributed by atoms with Crippen LogP contribution in [0.2, 0.25) is 5.02 Å². The number of thiocarbonyl (C=S) groups is 1. The lowest BCUT2D eigenvalue weighted by atomic mass is 10.1. The molecule has 2 rings (SSSR count). The number of anilines is 1. The summed E-state index contributed by atoms with van der Waals surface area (Å²) in [7, 11) is 1.84. The van der Waals surface area contributed by atoms with Gasteiger partial charge in [-0.05, 0) is 12.1 Å². The second kappa shape index (κ2) is 5.99. The van der Waals surface area contributed by atoms with Crippen molar-refractivity contribution >= 4 is 34.5 Å². The van der Waals surface area contributed by atoms with E-state index in [0.717, 1.165) is 11.5 Å². The minimum Gasteiger partial charge on any atom is -0.389 e. The van der Waals surface area contributed by atoms with Crippen LogP contribution >= 0.6 is 23.8 Å². The van der Waals surface area contributed by atoms with E-state index in [4.69, 9.17) is 29.6 Å². The van der Waals surface area contributed by atoms with Gasteiger partial charge in [0.1, 0.15) is 11.3 Å². The summed E-state index contributed by atoms with van der Waals surface area (Å²) in [6.45, 7) is 0.681. The monoisotopic (exact) mass is 295 g/mol. The SMILES string of the molecule is Cn1cnc(CCNc2cccc(Cl)c2C(N)=S)n1. The molecule has 0 radical (unpaired) electrons. The van der Waals surface area contributed by atoms with Crippen LogP contribution in [-0.2, 0) is 13.5 Å². The molecule has 0 saturated heterocycles. The van der Waals surface area contributed by atoms with E-state index in [1.807, 2.05) is 19.2 Å². The van der Waals surface area contributed by atoms with Crippen molar-refractivity contribution in [3.8, 4) is 0 Å². The zero-order chi connectivity index (χ0) is 13.8. The average molecular weight is 296 g/mol. The Bertz CT molecular complexity index is 596. The highest BCUT2D eigenvalue weighted by Crippen LogP contribution is 2.24. The van der Waals surface area contributed by atoms with Crippen LogP contribution in [0.4, 0.5) is 5.69 Å². The van der Waals surface area contributed by atoms with Crippen molar-refractivity contribution in [2.24, 2.45) is 12.8 Å². The van der Waals surface area contributed by atoms with Gasteiger partial charge in [-0.3, -0.25) is 4.68 Å². The number of nitrogens with one attached hydrogen (secondary N) is 1. The summed E-state index contributed by atoms with van der Waals surface area (Å²) in [5, 5.41) is 8.01. The Balaban J connectivity index is 2.03. The van der Waals surface area contributed by atoms with Crippen molar-refractivity contribution < 1.29 is 0 Å². The number of benzene rings is 1. The van der Waals surface area contributed by atoms with Gasteiger partial charge in [0.05, 0.1) is 10.6 Å². The van der Waals surface area contributed by atoms with Crippen molar-refractivity contribution in [1.29, 1.82) is 0 Å². The van der Waals surface area contributed by atoms with Gasteiger partial charge in [-0.25, -0.2) is 4.98 Å². The summed E-state index contributed by atoms with van der Waals surface area (Å²) in [4.78, 5) is 4.44. The highest BCUT2D eigenvalue weighted by Gasteiger charge is 2.09. The highest BCUT2D eigenvalue weighted by molar-refractivity contribution is 7.80. The molecule has 2 aromatic rings. The Morgan fingerprint density at radius 3 is 2.95 bits per heavy atom. The first-order valence-electron chi connectivity index (χ1n) is 5.74. The van der Waals surface area contributed by atoms with Crippen molar-refractivity contribution in [3.05, 3.63) is 40.9 Å². The van der Waals surface area contributed by atoms with E-state index >= 15 is 0 Å². The zero-order valence-electron chi connectivity index (χ0n) is 10.4. The molecule has 5 nitrogen and oxygen atoms in total. The molecule has 0 atom stereocenters. The van der Waals surface area contributed by atoms with Gasteiger partial charge in [-0.2, -0.15) is 5.10 Å². The van der Waals surface area contributed by atoms with Crippen LogP contribution in [0.1, 0.15) is 11.4 Å². The van der Waals surface area contributed by atoms with Gasteiger partial charge in [0.25, 0.3) is 0 Å². The van der Waals surface area contributed by atoms with E-state index in [1.165, 1.54) is 0 Å². The smallest absolute Gasteiger partial charge is 0.152 e. The molecular formula is C12H14ClN5S. The number of nitrogens with zero attached hydrogens (tertiary/aromatic N) is 3. The van der Waals surface area contributed by atoms with E-state index in [1.54, 1.807) is 17.1 Å². The van der Waals surface area contributed by atoms with Crippen LogP contribution in [-0.4, -0.2) is 26.3 Å². The minimum absolute atomic E-state index is 0.282. The maximum Gasteiger partial charge on any atom is 0.152 e. The van der Waals surface area contributed by atoms with E-state index < -0.39 is 0 Å². The summed E-state index contributed by atoms with van der Waals surface area (Å²) in [5.41, 5.74) is 7.18. The Morgan fingerprint density at radius 2 is 2.32 bits per heavy atom. The van der Waals surface area contributed by atoms with Crippen LogP contribution in [0.3, 0.4) is 0 Å². The van der Waals surface area contributed by atoms with Crippen molar-refractivity contribution in [2.75, 3.05) is 11.9 Å². The molecule has 1 heterocycles. The lowest BCUT2D eigenvalue weighted by Gasteiger charge is -2.11. The van der Waals surface area contributed by atoms with E-state index in [9.17, 15) is 0 Å². The van der Waals surface area contributed by atoms with Gasteiger partial charge < -0.3 is 11.1 Å². The van der Waals surface area contributed by atoms with E-state index in [2.05, 4.69) is 15.4 Å². The fraction of sp³-hybridized carbons (Fsp3) is 0.250. The lowest BCUT2D eigenvalue weighted by molar-refractivity contribution is 0.742. The summed E-state index contributed by atoms with van der Waals surface area (Å²) in [5.74, 6) is 0.786. The number of aromatic nitrogens is 3. The topological polar surface area (TPSA) is 68.8 Å². The number of hydrogen-bond donors (Lipinski definition) is 2. The normalized spacial score (nSPS) is 10.4. The molecule has 1 aromatic heterocycles. The van der Waals surface area contributed by atoms with Gasteiger partial charge in [0, 0.05) is 25.7 Å². The predicted molar refractivity (Wildman–Crippen MR) is 80.5 cm³/mol. The van der Waals surface area contributed by atoms with E-state index in [0.29, 0.717) is 23.6 Å². The molecule has 0 amide bonds. The van der Waals surface area contributed by atoms with E-state index in [-0.39, 0.29) is 4.99 Å². The molecule has 0 fully saturated rings. The number of rotatable bonds is 5. The molecular weight excluding hydrogens is 282 g/mol. The maximum absolute atomic E-state index is 6.09. The van der Waals surface area contributed by atoms with Crippen molar-refractivity contribution in [2.45, 2.75) is 6.42 Å². The third-order valence-electron chi connectivity index (χ3n) is 2.57. The summed E-state index contributed by atoms with van der Waals surface area (Å²) >= 11 is 11.1. The molecule has 0 spiro atoms.